The first kappa shape index (κ1) is 17.2. The minimum absolute atomic E-state index is 0.416. The van der Waals surface area contributed by atoms with Gasteiger partial charge in [0.15, 0.2) is 5.82 Å². The molecule has 1 atom stereocenters. The van der Waals surface area contributed by atoms with Crippen molar-refractivity contribution in [3.63, 3.8) is 0 Å². The third-order valence-corrected chi connectivity index (χ3v) is 4.88. The number of ether oxygens (including phenoxy) is 1. The Bertz CT molecular complexity index is 753. The smallest absolute Gasteiger partial charge is 0.152 e. The summed E-state index contributed by atoms with van der Waals surface area (Å²) >= 11 is 5.86. The molecule has 0 saturated carbocycles. The fourth-order valence-corrected chi connectivity index (χ4v) is 3.61. The molecule has 0 spiro atoms. The van der Waals surface area contributed by atoms with Crippen molar-refractivity contribution in [3.8, 4) is 0 Å². The molecule has 2 aromatic rings. The molecule has 0 saturated heterocycles. The van der Waals surface area contributed by atoms with E-state index < -0.39 is 0 Å². The standard InChI is InChI=1S/C18H25ClN4O/c1-12-6-5-7-13-15(12)17-16(18(20)21-13)22-14(8-11-24-2)23(17)10-4-3-9-19/h5,7,12H,3-4,6,8-11H2,1-2H3,(H2,20,21). The Morgan fingerprint density at radius 3 is 2.96 bits per heavy atom. The number of rotatable bonds is 7. The number of aryl methyl sites for hydroxylation is 1. The van der Waals surface area contributed by atoms with Gasteiger partial charge in [0, 0.05) is 31.5 Å². The van der Waals surface area contributed by atoms with Crippen molar-refractivity contribution in [2.24, 2.45) is 0 Å². The Balaban J connectivity index is 2.17. The maximum atomic E-state index is 6.22. The van der Waals surface area contributed by atoms with Crippen LogP contribution in [0.25, 0.3) is 17.1 Å². The molecule has 1 aliphatic rings. The zero-order valence-electron chi connectivity index (χ0n) is 14.4. The maximum Gasteiger partial charge on any atom is 0.152 e. The maximum absolute atomic E-state index is 6.22. The van der Waals surface area contributed by atoms with E-state index >= 15 is 0 Å². The van der Waals surface area contributed by atoms with Gasteiger partial charge < -0.3 is 15.0 Å². The van der Waals surface area contributed by atoms with Crippen LogP contribution in [-0.4, -0.2) is 34.1 Å². The number of hydrogen-bond acceptors (Lipinski definition) is 4. The lowest BCUT2D eigenvalue weighted by Gasteiger charge is -2.20. The van der Waals surface area contributed by atoms with E-state index in [0.717, 1.165) is 54.8 Å². The average molecular weight is 349 g/mol. The van der Waals surface area contributed by atoms with E-state index in [9.17, 15) is 0 Å². The van der Waals surface area contributed by atoms with E-state index in [1.165, 1.54) is 5.56 Å². The fraction of sp³-hybridized carbons (Fsp3) is 0.556. The molecule has 2 aromatic heterocycles. The highest BCUT2D eigenvalue weighted by Gasteiger charge is 2.24. The second kappa shape index (κ2) is 7.53. The SMILES string of the molecule is COCCc1nc2c(N)nc3c(c2n1CCCCCl)C(C)CC=C3. The summed E-state index contributed by atoms with van der Waals surface area (Å²) in [5.74, 6) is 2.63. The van der Waals surface area contributed by atoms with Crippen LogP contribution in [0.2, 0.25) is 0 Å². The molecule has 3 rings (SSSR count). The summed E-state index contributed by atoms with van der Waals surface area (Å²) < 4.78 is 7.57. The van der Waals surface area contributed by atoms with Crippen LogP contribution in [0.5, 0.6) is 0 Å². The van der Waals surface area contributed by atoms with Crippen LogP contribution in [0, 0.1) is 0 Å². The van der Waals surface area contributed by atoms with Crippen LogP contribution in [0.3, 0.4) is 0 Å². The lowest BCUT2D eigenvalue weighted by atomic mass is 9.90. The van der Waals surface area contributed by atoms with E-state index in [-0.39, 0.29) is 0 Å². The van der Waals surface area contributed by atoms with Gasteiger partial charge in [0.25, 0.3) is 0 Å². The Labute approximate surface area is 147 Å². The summed E-state index contributed by atoms with van der Waals surface area (Å²) in [6, 6.07) is 0. The van der Waals surface area contributed by atoms with E-state index in [2.05, 4.69) is 28.6 Å². The van der Waals surface area contributed by atoms with Crippen LogP contribution >= 0.6 is 11.6 Å². The number of allylic oxidation sites excluding steroid dienone is 1. The van der Waals surface area contributed by atoms with Crippen LogP contribution in [-0.2, 0) is 17.7 Å². The van der Waals surface area contributed by atoms with Gasteiger partial charge in [-0.3, -0.25) is 0 Å². The Morgan fingerprint density at radius 1 is 1.38 bits per heavy atom. The Morgan fingerprint density at radius 2 is 2.21 bits per heavy atom. The third kappa shape index (κ3) is 3.15. The molecule has 0 bridgehead atoms. The Hall–Kier alpha value is -1.59. The van der Waals surface area contributed by atoms with Gasteiger partial charge in [0.05, 0.1) is 17.8 Å². The molecular formula is C18H25ClN4O. The molecule has 130 valence electrons. The summed E-state index contributed by atoms with van der Waals surface area (Å²) in [7, 11) is 1.71. The second-order valence-electron chi connectivity index (χ2n) is 6.35. The number of unbranched alkanes of at least 4 members (excludes halogenated alkanes) is 1. The highest BCUT2D eigenvalue weighted by atomic mass is 35.5. The summed E-state index contributed by atoms with van der Waals surface area (Å²) in [4.78, 5) is 9.40. The van der Waals surface area contributed by atoms with Crippen molar-refractivity contribution in [1.29, 1.82) is 0 Å². The number of fused-ring (bicyclic) bond motifs is 3. The number of aromatic nitrogens is 3. The monoisotopic (exact) mass is 348 g/mol. The van der Waals surface area contributed by atoms with Gasteiger partial charge in [-0.15, -0.1) is 11.6 Å². The molecule has 6 heteroatoms. The average Bonchev–Trinajstić information content (AvgIpc) is 2.92. The molecular weight excluding hydrogens is 324 g/mol. The number of nitrogens with zero attached hydrogens (tertiary/aromatic N) is 3. The molecule has 0 aliphatic heterocycles. The van der Waals surface area contributed by atoms with Crippen molar-refractivity contribution < 1.29 is 4.74 Å². The first-order valence-electron chi connectivity index (χ1n) is 8.57. The summed E-state index contributed by atoms with van der Waals surface area (Å²) in [6.07, 6.45) is 8.05. The van der Waals surface area contributed by atoms with Gasteiger partial charge in [-0.25, -0.2) is 9.97 Å². The molecule has 2 N–H and O–H groups in total. The molecule has 0 aromatic carbocycles. The van der Waals surface area contributed by atoms with Crippen molar-refractivity contribution >= 4 is 34.5 Å². The fourth-order valence-electron chi connectivity index (χ4n) is 3.42. The topological polar surface area (TPSA) is 66.0 Å². The number of halogens is 1. The van der Waals surface area contributed by atoms with Gasteiger partial charge in [-0.2, -0.15) is 0 Å². The van der Waals surface area contributed by atoms with Gasteiger partial charge in [-0.1, -0.05) is 13.0 Å². The number of methoxy groups -OCH3 is 1. The molecule has 0 amide bonds. The Kier molecular flexibility index (Phi) is 5.41. The van der Waals surface area contributed by atoms with Gasteiger partial charge in [0.2, 0.25) is 0 Å². The normalized spacial score (nSPS) is 16.7. The minimum atomic E-state index is 0.416. The number of alkyl halides is 1. The number of hydrogen-bond donors (Lipinski definition) is 1. The molecule has 1 unspecified atom stereocenters. The molecule has 5 nitrogen and oxygen atoms in total. The zero-order chi connectivity index (χ0) is 17.1. The van der Waals surface area contributed by atoms with E-state index in [1.807, 2.05) is 0 Å². The number of anilines is 1. The number of imidazole rings is 1. The predicted octanol–water partition coefficient (Wildman–Crippen LogP) is 3.74. The summed E-state index contributed by atoms with van der Waals surface area (Å²) in [5.41, 5.74) is 10.4. The van der Waals surface area contributed by atoms with Crippen molar-refractivity contribution in [2.75, 3.05) is 25.3 Å². The zero-order valence-corrected chi connectivity index (χ0v) is 15.1. The number of nitrogens with two attached hydrogens (primary N) is 1. The predicted molar refractivity (Wildman–Crippen MR) is 99.5 cm³/mol. The van der Waals surface area contributed by atoms with Gasteiger partial charge in [-0.05, 0) is 31.3 Å². The quantitative estimate of drug-likeness (QED) is 0.611. The third-order valence-electron chi connectivity index (χ3n) is 4.61. The highest BCUT2D eigenvalue weighted by Crippen LogP contribution is 2.37. The minimum Gasteiger partial charge on any atom is -0.384 e. The van der Waals surface area contributed by atoms with Crippen LogP contribution in [0.15, 0.2) is 6.08 Å². The number of pyridine rings is 1. The van der Waals surface area contributed by atoms with Crippen molar-refractivity contribution in [1.82, 2.24) is 14.5 Å². The van der Waals surface area contributed by atoms with Crippen LogP contribution in [0.4, 0.5) is 5.82 Å². The van der Waals surface area contributed by atoms with Gasteiger partial charge in [0.1, 0.15) is 11.3 Å². The largest absolute Gasteiger partial charge is 0.384 e. The summed E-state index contributed by atoms with van der Waals surface area (Å²) in [6.45, 7) is 3.78. The van der Waals surface area contributed by atoms with E-state index in [4.69, 9.17) is 27.1 Å². The first-order chi connectivity index (χ1) is 11.7. The molecule has 1 aliphatic carbocycles. The molecule has 0 radical (unpaired) electrons. The van der Waals surface area contributed by atoms with Crippen LogP contribution < -0.4 is 5.73 Å². The van der Waals surface area contributed by atoms with Crippen molar-refractivity contribution in [2.45, 2.75) is 45.1 Å². The lowest BCUT2D eigenvalue weighted by molar-refractivity contribution is 0.199. The second-order valence-corrected chi connectivity index (χ2v) is 6.73. The molecule has 2 heterocycles. The van der Waals surface area contributed by atoms with Gasteiger partial charge >= 0.3 is 0 Å². The van der Waals surface area contributed by atoms with E-state index in [1.54, 1.807) is 7.11 Å². The molecule has 24 heavy (non-hydrogen) atoms. The summed E-state index contributed by atoms with van der Waals surface area (Å²) in [5, 5.41) is 0. The molecule has 0 fully saturated rings. The number of nitrogen functional groups attached to an aromatic ring is 1. The van der Waals surface area contributed by atoms with E-state index in [0.29, 0.717) is 24.2 Å². The van der Waals surface area contributed by atoms with Crippen molar-refractivity contribution in [3.05, 3.63) is 23.2 Å². The highest BCUT2D eigenvalue weighted by molar-refractivity contribution is 6.17. The van der Waals surface area contributed by atoms with Crippen LogP contribution in [0.1, 0.15) is 49.2 Å². The lowest BCUT2D eigenvalue weighted by Crippen LogP contribution is -2.11. The first-order valence-corrected chi connectivity index (χ1v) is 9.10.